The Hall–Kier alpha value is -6.24. The van der Waals surface area contributed by atoms with E-state index in [1.54, 1.807) is 24.3 Å². The zero-order chi connectivity index (χ0) is 63.7. The number of morpholine rings is 2. The molecule has 6 aliphatic heterocycles. The second-order valence-electron chi connectivity index (χ2n) is 27.5. The predicted octanol–water partition coefficient (Wildman–Crippen LogP) is 4.55. The lowest BCUT2D eigenvalue weighted by Crippen LogP contribution is -2.62. The monoisotopic (exact) mass is 1250 g/mol. The van der Waals surface area contributed by atoms with E-state index in [-0.39, 0.29) is 83.6 Å². The minimum atomic E-state index is -0.567. The molecule has 0 spiro atoms. The van der Waals surface area contributed by atoms with Crippen LogP contribution in [0.4, 0.5) is 20.2 Å². The molecule has 4 fully saturated rings. The number of amides is 4. The molecule has 4 amide bonds. The number of aromatic amines is 2. The van der Waals surface area contributed by atoms with Gasteiger partial charge in [0.25, 0.3) is 11.1 Å². The number of pyridine rings is 2. The first-order valence-corrected chi connectivity index (χ1v) is 33.0. The second kappa shape index (κ2) is 30.0. The Morgan fingerprint density at radius 2 is 0.933 bits per heavy atom. The van der Waals surface area contributed by atoms with Gasteiger partial charge in [-0.15, -0.1) is 0 Å². The molecule has 0 radical (unpaired) electrons. The summed E-state index contributed by atoms with van der Waals surface area (Å²) in [5.74, 6) is -0.924. The highest BCUT2D eigenvalue weighted by atomic mass is 19.1. The Morgan fingerprint density at radius 3 is 1.32 bits per heavy atom. The zero-order valence-corrected chi connectivity index (χ0v) is 53.7. The number of piperazine rings is 2. The predicted molar refractivity (Wildman–Crippen MR) is 344 cm³/mol. The van der Waals surface area contributed by atoms with Crippen LogP contribution in [-0.2, 0) is 52.3 Å². The van der Waals surface area contributed by atoms with Gasteiger partial charge in [0.2, 0.25) is 23.6 Å². The van der Waals surface area contributed by atoms with Gasteiger partial charge in [0.15, 0.2) is 0 Å². The minimum Gasteiger partial charge on any atom is -0.366 e. The van der Waals surface area contributed by atoms with Crippen molar-refractivity contribution in [1.82, 2.24) is 50.8 Å². The van der Waals surface area contributed by atoms with E-state index in [1.807, 2.05) is 49.6 Å². The van der Waals surface area contributed by atoms with Crippen LogP contribution in [0.3, 0.4) is 0 Å². The summed E-state index contributed by atoms with van der Waals surface area (Å²) >= 11 is 0. The number of rotatable bonds is 25. The Balaban J connectivity index is 0.587. The zero-order valence-electron chi connectivity index (χ0n) is 53.7. The van der Waals surface area contributed by atoms with Crippen molar-refractivity contribution in [3.05, 3.63) is 127 Å². The van der Waals surface area contributed by atoms with Crippen molar-refractivity contribution in [2.24, 2.45) is 0 Å². The second-order valence-corrected chi connectivity index (χ2v) is 27.5. The normalized spacial score (nSPS) is 23.8. The molecular formula is C68H96F2N12O8. The number of fused-ring (bicyclic) bond motifs is 2. The molecule has 0 bridgehead atoms. The molecule has 6 N–H and O–H groups in total. The van der Waals surface area contributed by atoms with E-state index in [2.05, 4.69) is 64.7 Å². The summed E-state index contributed by atoms with van der Waals surface area (Å²) in [6, 6.07) is 16.4. The van der Waals surface area contributed by atoms with Gasteiger partial charge in [-0.1, -0.05) is 90.5 Å². The number of aromatic nitrogens is 2. The van der Waals surface area contributed by atoms with E-state index in [9.17, 15) is 37.5 Å². The third-order valence-electron chi connectivity index (χ3n) is 19.1. The maximum Gasteiger partial charge on any atom is 0.251 e. The van der Waals surface area contributed by atoms with Crippen molar-refractivity contribution in [2.75, 3.05) is 128 Å². The summed E-state index contributed by atoms with van der Waals surface area (Å²) < 4.78 is 39.3. The van der Waals surface area contributed by atoms with E-state index in [0.29, 0.717) is 140 Å². The number of benzene rings is 2. The molecule has 8 heterocycles. The topological polar surface area (TPSA) is 220 Å². The fraction of sp³-hybridized carbons (Fsp3) is 0.618. The Bertz CT molecular complexity index is 3040. The number of nitrogens with one attached hydrogen (secondary N) is 6. The maximum absolute atomic E-state index is 14.3. The molecule has 2 aromatic heterocycles. The standard InChI is InChI=1S/C68H96F2N12O8/c1-45-35-79(41-59(83)81-43-67(3,4)61-55(81)31-49(63(85)75-61)29-47-15-19-51(69)20-16-47)53(33-73-45)37-77-25-27-89-57(39-77)65(87)71-23-13-11-9-7-8-10-12-14-24-72-66(88)58-40-78(26-28-90-58)38-54-34-74-46(2)36-80(54)42-60(84)82-44-68(5,6)62-56(82)32-50(64(86)76-62)30-48-17-21-52(70)22-18-48/h15-22,31-32,45-46,53-54,57-58,73-74H,7-14,23-30,33-44H2,1-6H3,(H,71,87)(H,72,88)(H,75,85)(H,76,86)/t45-,46+,53-,54-,57+,58+/m1/s1. The molecule has 10 rings (SSSR count). The summed E-state index contributed by atoms with van der Waals surface area (Å²) in [7, 11) is 0. The van der Waals surface area contributed by atoms with Gasteiger partial charge in [0.05, 0.1) is 37.7 Å². The summed E-state index contributed by atoms with van der Waals surface area (Å²) in [5.41, 5.74) is 4.28. The lowest BCUT2D eigenvalue weighted by molar-refractivity contribution is -0.139. The highest BCUT2D eigenvalue weighted by Gasteiger charge is 2.43. The number of nitrogens with zero attached hydrogens (tertiary/aromatic N) is 6. The fourth-order valence-corrected chi connectivity index (χ4v) is 14.0. The summed E-state index contributed by atoms with van der Waals surface area (Å²) in [6.45, 7) is 22.3. The molecule has 22 heteroatoms. The number of H-pyrrole nitrogens is 2. The van der Waals surface area contributed by atoms with Crippen LogP contribution in [0, 0.1) is 11.6 Å². The maximum atomic E-state index is 14.3. The van der Waals surface area contributed by atoms with Crippen LogP contribution in [0.25, 0.3) is 0 Å². The largest absolute Gasteiger partial charge is 0.366 e. The molecule has 2 aromatic carbocycles. The van der Waals surface area contributed by atoms with Crippen LogP contribution < -0.4 is 42.2 Å². The van der Waals surface area contributed by atoms with Gasteiger partial charge in [-0.05, 0) is 74.2 Å². The fourth-order valence-electron chi connectivity index (χ4n) is 14.0. The summed E-state index contributed by atoms with van der Waals surface area (Å²) in [5, 5.41) is 13.4. The van der Waals surface area contributed by atoms with Crippen molar-refractivity contribution < 1.29 is 37.4 Å². The van der Waals surface area contributed by atoms with Crippen molar-refractivity contribution in [3.63, 3.8) is 0 Å². The molecule has 4 saturated heterocycles. The van der Waals surface area contributed by atoms with Gasteiger partial charge in [-0.3, -0.25) is 48.4 Å². The van der Waals surface area contributed by atoms with Gasteiger partial charge >= 0.3 is 0 Å². The smallest absolute Gasteiger partial charge is 0.251 e. The van der Waals surface area contributed by atoms with Crippen LogP contribution in [0.15, 0.2) is 70.3 Å². The van der Waals surface area contributed by atoms with E-state index in [1.165, 1.54) is 24.3 Å². The van der Waals surface area contributed by atoms with E-state index in [0.717, 1.165) is 73.9 Å². The molecule has 490 valence electrons. The molecule has 0 saturated carbocycles. The van der Waals surface area contributed by atoms with Crippen molar-refractivity contribution >= 4 is 35.0 Å². The molecule has 6 atom stereocenters. The average Bonchev–Trinajstić information content (AvgIpc) is 1.61. The minimum absolute atomic E-state index is 0.0327. The van der Waals surface area contributed by atoms with Gasteiger partial charge in [-0.25, -0.2) is 8.78 Å². The quantitative estimate of drug-likeness (QED) is 0.0502. The van der Waals surface area contributed by atoms with Gasteiger partial charge in [-0.2, -0.15) is 0 Å². The highest BCUT2D eigenvalue weighted by molar-refractivity contribution is 5.98. The number of ether oxygens (including phenoxy) is 2. The summed E-state index contributed by atoms with van der Waals surface area (Å²) in [6.07, 6.45) is 7.74. The van der Waals surface area contributed by atoms with E-state index in [4.69, 9.17) is 9.47 Å². The van der Waals surface area contributed by atoms with Crippen LogP contribution in [0.2, 0.25) is 0 Å². The van der Waals surface area contributed by atoms with Crippen LogP contribution in [-0.4, -0.2) is 208 Å². The highest BCUT2D eigenvalue weighted by Crippen LogP contribution is 2.41. The number of hydrogen-bond acceptors (Lipinski definition) is 14. The first-order chi connectivity index (χ1) is 43.2. The number of carbonyl (C=O) groups is 4. The Morgan fingerprint density at radius 1 is 0.556 bits per heavy atom. The molecular weight excluding hydrogens is 1150 g/mol. The molecule has 0 unspecified atom stereocenters. The van der Waals surface area contributed by atoms with E-state index >= 15 is 0 Å². The molecule has 90 heavy (non-hydrogen) atoms. The number of hydrogen-bond donors (Lipinski definition) is 6. The number of halogens is 2. The lowest BCUT2D eigenvalue weighted by Gasteiger charge is -2.43. The Labute approximate surface area is 528 Å². The van der Waals surface area contributed by atoms with Gasteiger partial charge in [0.1, 0.15) is 23.8 Å². The SMILES string of the molecule is C[C@@H]1CN(CC(=O)N2CC(C)(C)c3[nH]c(=O)c(Cc4ccc(F)cc4)cc32)[C@@H](CN2CCO[C@H](C(=O)NCCCCCCCCCCNC(=O)[C@@H]3CN(C[C@H]4CN[C@@H](C)CN4CC(=O)N4CC(C)(C)c5[nH]c(=O)c(Cc6ccc(F)cc6)cc54)CCO3)C2)CN1. The molecule has 6 aliphatic rings. The van der Waals surface area contributed by atoms with Crippen LogP contribution in [0.5, 0.6) is 0 Å². The van der Waals surface area contributed by atoms with Crippen molar-refractivity contribution in [3.8, 4) is 0 Å². The van der Waals surface area contributed by atoms with Crippen molar-refractivity contribution in [2.45, 2.75) is 153 Å². The number of anilines is 2. The lowest BCUT2D eigenvalue weighted by atomic mass is 9.91. The molecule has 4 aromatic rings. The molecule has 20 nitrogen and oxygen atoms in total. The first kappa shape index (κ1) is 66.7. The van der Waals surface area contributed by atoms with Crippen LogP contribution in [0.1, 0.15) is 127 Å². The number of unbranched alkanes of at least 4 members (excludes halogenated alkanes) is 7. The first-order valence-electron chi connectivity index (χ1n) is 33.0. The van der Waals surface area contributed by atoms with E-state index < -0.39 is 23.0 Å². The van der Waals surface area contributed by atoms with Gasteiger partial charge in [0, 0.05) is 162 Å². The molecule has 0 aliphatic carbocycles. The third kappa shape index (κ3) is 17.1. The van der Waals surface area contributed by atoms with Crippen molar-refractivity contribution in [1.29, 1.82) is 0 Å². The summed E-state index contributed by atoms with van der Waals surface area (Å²) in [4.78, 5) is 101. The number of carbonyl (C=O) groups excluding carboxylic acids is 4. The van der Waals surface area contributed by atoms with Gasteiger partial charge < -0.3 is 50.5 Å². The third-order valence-corrected chi connectivity index (χ3v) is 19.1. The van der Waals surface area contributed by atoms with Crippen LogP contribution >= 0.6 is 0 Å². The Kier molecular flexibility index (Phi) is 22.2. The average molecular weight is 1250 g/mol.